The minimum absolute atomic E-state index is 0.0877. The van der Waals surface area contributed by atoms with Gasteiger partial charge in [-0.3, -0.25) is 9.59 Å². The van der Waals surface area contributed by atoms with Crippen LogP contribution in [0.3, 0.4) is 0 Å². The van der Waals surface area contributed by atoms with Gasteiger partial charge in [0.05, 0.1) is 11.6 Å². The van der Waals surface area contributed by atoms with E-state index in [1.165, 1.54) is 6.07 Å². The second-order valence-corrected chi connectivity index (χ2v) is 5.36. The Morgan fingerprint density at radius 2 is 2.20 bits per heavy atom. The number of pyridine rings is 1. The molecule has 1 aliphatic rings. The zero-order chi connectivity index (χ0) is 14.8. The second-order valence-electron chi connectivity index (χ2n) is 5.36. The van der Waals surface area contributed by atoms with Crippen LogP contribution < -0.4 is 5.32 Å². The first-order valence-corrected chi connectivity index (χ1v) is 6.59. The van der Waals surface area contributed by atoms with Crippen LogP contribution in [0.4, 0.5) is 4.39 Å². The smallest absolute Gasteiger partial charge is 0.311 e. The Bertz CT molecular complexity index is 518. The molecule has 2 unspecified atom stereocenters. The van der Waals surface area contributed by atoms with Gasteiger partial charge in [-0.15, -0.1) is 0 Å². The summed E-state index contributed by atoms with van der Waals surface area (Å²) >= 11 is 0. The van der Waals surface area contributed by atoms with Crippen LogP contribution in [-0.2, 0) is 4.79 Å². The van der Waals surface area contributed by atoms with E-state index in [9.17, 15) is 19.1 Å². The molecule has 0 spiro atoms. The molecule has 0 saturated heterocycles. The maximum Gasteiger partial charge on any atom is 0.311 e. The van der Waals surface area contributed by atoms with E-state index >= 15 is 0 Å². The average molecular weight is 280 g/mol. The SMILES string of the molecule is CC1(C(=O)O)CCCCC1NC(=O)c1ccc(F)cn1. The van der Waals surface area contributed by atoms with Gasteiger partial charge < -0.3 is 10.4 Å². The summed E-state index contributed by atoms with van der Waals surface area (Å²) < 4.78 is 12.8. The summed E-state index contributed by atoms with van der Waals surface area (Å²) in [5.74, 6) is -1.89. The van der Waals surface area contributed by atoms with Crippen molar-refractivity contribution in [3.8, 4) is 0 Å². The highest BCUT2D eigenvalue weighted by Gasteiger charge is 2.43. The first-order chi connectivity index (χ1) is 9.43. The summed E-state index contributed by atoms with van der Waals surface area (Å²) in [4.78, 5) is 27.2. The molecule has 1 aliphatic carbocycles. The van der Waals surface area contributed by atoms with Crippen LogP contribution >= 0.6 is 0 Å². The van der Waals surface area contributed by atoms with E-state index in [1.807, 2.05) is 0 Å². The number of aliphatic carboxylic acids is 1. The molecule has 1 fully saturated rings. The van der Waals surface area contributed by atoms with Crippen molar-refractivity contribution in [3.05, 3.63) is 29.8 Å². The quantitative estimate of drug-likeness (QED) is 0.887. The topological polar surface area (TPSA) is 79.3 Å². The van der Waals surface area contributed by atoms with Gasteiger partial charge in [0.1, 0.15) is 11.5 Å². The minimum atomic E-state index is -0.964. The molecule has 108 valence electrons. The molecule has 0 aromatic carbocycles. The van der Waals surface area contributed by atoms with Gasteiger partial charge in [0.2, 0.25) is 0 Å². The van der Waals surface area contributed by atoms with Gasteiger partial charge in [-0.1, -0.05) is 12.8 Å². The van der Waals surface area contributed by atoms with Crippen molar-refractivity contribution in [2.45, 2.75) is 38.6 Å². The van der Waals surface area contributed by atoms with Crippen LogP contribution in [0.2, 0.25) is 0 Å². The number of nitrogens with one attached hydrogen (secondary N) is 1. The fourth-order valence-corrected chi connectivity index (χ4v) is 2.56. The molecule has 0 radical (unpaired) electrons. The van der Waals surface area contributed by atoms with Crippen molar-refractivity contribution in [2.75, 3.05) is 0 Å². The highest BCUT2D eigenvalue weighted by molar-refractivity contribution is 5.93. The molecule has 5 nitrogen and oxygen atoms in total. The van der Waals surface area contributed by atoms with Gasteiger partial charge >= 0.3 is 5.97 Å². The lowest BCUT2D eigenvalue weighted by molar-refractivity contribution is -0.151. The number of hydrogen-bond acceptors (Lipinski definition) is 3. The van der Waals surface area contributed by atoms with Crippen LogP contribution in [0, 0.1) is 11.2 Å². The normalized spacial score (nSPS) is 26.0. The van der Waals surface area contributed by atoms with Crippen LogP contribution in [0.1, 0.15) is 43.1 Å². The van der Waals surface area contributed by atoms with Gasteiger partial charge in [0, 0.05) is 6.04 Å². The number of nitrogens with zero attached hydrogens (tertiary/aromatic N) is 1. The van der Waals surface area contributed by atoms with Crippen molar-refractivity contribution in [1.82, 2.24) is 10.3 Å². The summed E-state index contributed by atoms with van der Waals surface area (Å²) in [7, 11) is 0. The highest BCUT2D eigenvalue weighted by Crippen LogP contribution is 2.36. The molecule has 2 rings (SSSR count). The van der Waals surface area contributed by atoms with Crippen LogP contribution in [0.25, 0.3) is 0 Å². The number of carboxylic acids is 1. The lowest BCUT2D eigenvalue weighted by Crippen LogP contribution is -2.52. The van der Waals surface area contributed by atoms with Crippen LogP contribution in [0.5, 0.6) is 0 Å². The first-order valence-electron chi connectivity index (χ1n) is 6.59. The molecule has 0 aliphatic heterocycles. The number of amides is 1. The molecule has 1 heterocycles. The minimum Gasteiger partial charge on any atom is -0.481 e. The Labute approximate surface area is 116 Å². The summed E-state index contributed by atoms with van der Waals surface area (Å²) in [6.45, 7) is 1.65. The number of hydrogen-bond donors (Lipinski definition) is 2. The molecule has 1 aromatic rings. The van der Waals surface area contributed by atoms with E-state index in [2.05, 4.69) is 10.3 Å². The van der Waals surface area contributed by atoms with Crippen LogP contribution in [0.15, 0.2) is 18.3 Å². The fourth-order valence-electron chi connectivity index (χ4n) is 2.56. The van der Waals surface area contributed by atoms with E-state index in [0.29, 0.717) is 12.8 Å². The summed E-state index contributed by atoms with van der Waals surface area (Å²) in [5.41, 5.74) is -0.877. The number of carboxylic acid groups (broad SMARTS) is 1. The molecular formula is C14H17FN2O3. The average Bonchev–Trinajstić information content (AvgIpc) is 2.42. The van der Waals surface area contributed by atoms with Gasteiger partial charge in [-0.05, 0) is 31.9 Å². The Hall–Kier alpha value is -1.98. The summed E-state index contributed by atoms with van der Waals surface area (Å²) in [6.07, 6.45) is 3.83. The molecule has 1 aromatic heterocycles. The first kappa shape index (κ1) is 14.4. The van der Waals surface area contributed by atoms with E-state index in [1.54, 1.807) is 6.92 Å². The van der Waals surface area contributed by atoms with E-state index < -0.39 is 29.2 Å². The summed E-state index contributed by atoms with van der Waals surface area (Å²) in [6, 6.07) is 2.00. The van der Waals surface area contributed by atoms with E-state index in [4.69, 9.17) is 0 Å². The van der Waals surface area contributed by atoms with Crippen molar-refractivity contribution in [3.63, 3.8) is 0 Å². The lowest BCUT2D eigenvalue weighted by atomic mass is 9.71. The Morgan fingerprint density at radius 3 is 2.80 bits per heavy atom. The fraction of sp³-hybridized carbons (Fsp3) is 0.500. The number of carbonyl (C=O) groups excluding carboxylic acids is 1. The van der Waals surface area contributed by atoms with Gasteiger partial charge in [0.15, 0.2) is 0 Å². The van der Waals surface area contributed by atoms with E-state index in [-0.39, 0.29) is 5.69 Å². The number of carbonyl (C=O) groups is 2. The highest BCUT2D eigenvalue weighted by atomic mass is 19.1. The van der Waals surface area contributed by atoms with Gasteiger partial charge in [0.25, 0.3) is 5.91 Å². The van der Waals surface area contributed by atoms with Crippen LogP contribution in [-0.4, -0.2) is 28.0 Å². The number of halogens is 1. The predicted molar refractivity (Wildman–Crippen MR) is 69.7 cm³/mol. The molecule has 0 bridgehead atoms. The molecule has 2 atom stereocenters. The summed E-state index contributed by atoms with van der Waals surface area (Å²) in [5, 5.41) is 12.1. The van der Waals surface area contributed by atoms with Crippen molar-refractivity contribution in [1.29, 1.82) is 0 Å². The second kappa shape index (κ2) is 5.56. The molecular weight excluding hydrogens is 263 g/mol. The third-order valence-electron chi connectivity index (χ3n) is 3.96. The van der Waals surface area contributed by atoms with E-state index in [0.717, 1.165) is 25.1 Å². The standard InChI is InChI=1S/C14H17FN2O3/c1-14(13(19)20)7-3-2-4-11(14)17-12(18)10-6-5-9(15)8-16-10/h5-6,8,11H,2-4,7H2,1H3,(H,17,18)(H,19,20). The van der Waals surface area contributed by atoms with Crippen molar-refractivity contribution >= 4 is 11.9 Å². The predicted octanol–water partition coefficient (Wildman–Crippen LogP) is 1.98. The Morgan fingerprint density at radius 1 is 1.45 bits per heavy atom. The lowest BCUT2D eigenvalue weighted by Gasteiger charge is -2.38. The molecule has 1 saturated carbocycles. The molecule has 2 N–H and O–H groups in total. The third kappa shape index (κ3) is 2.79. The zero-order valence-corrected chi connectivity index (χ0v) is 11.2. The molecule has 6 heteroatoms. The largest absolute Gasteiger partial charge is 0.481 e. The zero-order valence-electron chi connectivity index (χ0n) is 11.2. The Balaban J connectivity index is 2.13. The third-order valence-corrected chi connectivity index (χ3v) is 3.96. The van der Waals surface area contributed by atoms with Gasteiger partial charge in [-0.25, -0.2) is 9.37 Å². The number of rotatable bonds is 3. The van der Waals surface area contributed by atoms with Crippen molar-refractivity contribution in [2.24, 2.45) is 5.41 Å². The Kier molecular flexibility index (Phi) is 4.01. The van der Waals surface area contributed by atoms with Crippen molar-refractivity contribution < 1.29 is 19.1 Å². The van der Waals surface area contributed by atoms with Gasteiger partial charge in [-0.2, -0.15) is 0 Å². The maximum absolute atomic E-state index is 12.8. The monoisotopic (exact) mass is 280 g/mol. The molecule has 20 heavy (non-hydrogen) atoms. The number of aromatic nitrogens is 1. The maximum atomic E-state index is 12.8. The molecule has 1 amide bonds.